The van der Waals surface area contributed by atoms with Crippen LogP contribution in [0.5, 0.6) is 0 Å². The molecule has 0 aromatic carbocycles. The Kier molecular flexibility index (Phi) is 13.2. The molecule has 18 nitrogen and oxygen atoms in total. The number of ether oxygens (including phenoxy) is 4. The maximum Gasteiger partial charge on any atom is 0.251 e. The first-order chi connectivity index (χ1) is 20.6. The third-order valence-electron chi connectivity index (χ3n) is 8.79. The Bertz CT molecular complexity index is 952. The summed E-state index contributed by atoms with van der Waals surface area (Å²) in [5.74, 6) is -1.56. The summed E-state index contributed by atoms with van der Waals surface area (Å²) in [7, 11) is 0. The standard InChI is InChI=1S/C26H52N8O10/c1-10-17(35)25(41-9-26(10,2)40)44-22-15(34-23(39)19(37)18(36)14(31)6-27)5-13(30)21(20(22)38)43-24-12(29)4-3-11(42-24)8-33-16(32)7-28/h10-15,17-22,24-25,35-38,40H,3-9,27-31H2,1-2H3,(H2,32,33)(H,34,39)/t10-,11+,12?,13+,14+,15-,17?,18+,19+,20?,21?,22?,24-,25-,26?/m1/s1. The van der Waals surface area contributed by atoms with E-state index in [0.29, 0.717) is 19.4 Å². The summed E-state index contributed by atoms with van der Waals surface area (Å²) in [6, 6.07) is -3.61. The van der Waals surface area contributed by atoms with Gasteiger partial charge in [0, 0.05) is 31.1 Å². The fraction of sp³-hybridized carbons (Fsp3) is 0.923. The van der Waals surface area contributed by atoms with E-state index in [9.17, 15) is 30.3 Å². The molecule has 0 radical (unpaired) electrons. The Morgan fingerprint density at radius 2 is 1.75 bits per heavy atom. The van der Waals surface area contributed by atoms with Crippen molar-refractivity contribution in [1.82, 2.24) is 10.6 Å². The van der Waals surface area contributed by atoms with Crippen LogP contribution in [0, 0.1) is 11.3 Å². The van der Waals surface area contributed by atoms with Crippen LogP contribution in [0.1, 0.15) is 33.1 Å². The number of aliphatic hydroxyl groups is 5. The van der Waals surface area contributed by atoms with Crippen LogP contribution < -0.4 is 39.3 Å². The average Bonchev–Trinajstić information content (AvgIpc) is 2.99. The van der Waals surface area contributed by atoms with Crippen LogP contribution in [-0.4, -0.2) is 149 Å². The Labute approximate surface area is 256 Å². The van der Waals surface area contributed by atoms with Crippen LogP contribution in [0.3, 0.4) is 0 Å². The van der Waals surface area contributed by atoms with Crippen molar-refractivity contribution in [1.29, 1.82) is 5.41 Å². The van der Waals surface area contributed by atoms with Crippen LogP contribution in [0.2, 0.25) is 0 Å². The third kappa shape index (κ3) is 8.80. The third-order valence-corrected chi connectivity index (χ3v) is 8.79. The van der Waals surface area contributed by atoms with E-state index < -0.39 is 90.8 Å². The second kappa shape index (κ2) is 15.8. The zero-order valence-electron chi connectivity index (χ0n) is 25.2. The number of amides is 1. The minimum atomic E-state index is -1.96. The second-order valence-electron chi connectivity index (χ2n) is 12.3. The van der Waals surface area contributed by atoms with E-state index in [1.807, 2.05) is 0 Å². The first-order valence-corrected chi connectivity index (χ1v) is 14.9. The molecular weight excluding hydrogens is 584 g/mol. The largest absolute Gasteiger partial charge is 0.388 e. The molecule has 2 saturated heterocycles. The highest BCUT2D eigenvalue weighted by Crippen LogP contribution is 2.34. The molecule has 18 heteroatoms. The van der Waals surface area contributed by atoms with E-state index in [1.165, 1.54) is 6.92 Å². The van der Waals surface area contributed by atoms with Crippen LogP contribution in [0.4, 0.5) is 0 Å². The summed E-state index contributed by atoms with van der Waals surface area (Å²) in [6.07, 6.45) is -10.5. The van der Waals surface area contributed by atoms with E-state index in [0.717, 1.165) is 0 Å². The highest BCUT2D eigenvalue weighted by atomic mass is 16.7. The van der Waals surface area contributed by atoms with Crippen molar-refractivity contribution in [2.24, 2.45) is 34.6 Å². The van der Waals surface area contributed by atoms with Gasteiger partial charge in [-0.2, -0.15) is 0 Å². The summed E-state index contributed by atoms with van der Waals surface area (Å²) in [6.45, 7) is 3.08. The predicted octanol–water partition coefficient (Wildman–Crippen LogP) is -6.20. The maximum absolute atomic E-state index is 12.9. The monoisotopic (exact) mass is 636 g/mol. The molecule has 0 aromatic rings. The topological polar surface area (TPSA) is 333 Å². The number of carbonyl (C=O) groups is 1. The van der Waals surface area contributed by atoms with E-state index in [1.54, 1.807) is 6.92 Å². The molecule has 3 aliphatic rings. The van der Waals surface area contributed by atoms with Crippen molar-refractivity contribution in [3.63, 3.8) is 0 Å². The number of hydrogen-bond acceptors (Lipinski definition) is 16. The molecule has 44 heavy (non-hydrogen) atoms. The smallest absolute Gasteiger partial charge is 0.251 e. The van der Waals surface area contributed by atoms with E-state index in [2.05, 4.69) is 10.6 Å². The Balaban J connectivity index is 1.79. The van der Waals surface area contributed by atoms with E-state index >= 15 is 0 Å². The first-order valence-electron chi connectivity index (χ1n) is 14.9. The highest BCUT2D eigenvalue weighted by Gasteiger charge is 2.51. The molecule has 0 aromatic heterocycles. The number of hydrogen-bond donors (Lipinski definition) is 13. The van der Waals surface area contributed by atoms with Gasteiger partial charge in [-0.15, -0.1) is 0 Å². The first kappa shape index (κ1) is 36.8. The van der Waals surface area contributed by atoms with Gasteiger partial charge >= 0.3 is 0 Å². The molecule has 2 heterocycles. The SMILES string of the molecule is C[C@@H]1C(O)[C@@H](OC2C(O)C(O[C@H]3O[C@H](CNC(=N)CN)CCC3N)[C@@H](N)C[C@H]2NC(=O)[C@@H](O)[C@@H](O)[C@@H](N)CN)OCC1(C)O. The van der Waals surface area contributed by atoms with Gasteiger partial charge in [-0.05, 0) is 26.2 Å². The summed E-state index contributed by atoms with van der Waals surface area (Å²) < 4.78 is 23.8. The van der Waals surface area contributed by atoms with Crippen molar-refractivity contribution in [2.75, 3.05) is 26.2 Å². The van der Waals surface area contributed by atoms with Gasteiger partial charge in [0.25, 0.3) is 5.91 Å². The van der Waals surface area contributed by atoms with Crippen molar-refractivity contribution in [2.45, 2.75) is 118 Å². The van der Waals surface area contributed by atoms with E-state index in [-0.39, 0.29) is 38.1 Å². The minimum absolute atomic E-state index is 0.0411. The Morgan fingerprint density at radius 3 is 2.39 bits per heavy atom. The summed E-state index contributed by atoms with van der Waals surface area (Å²) in [4.78, 5) is 12.9. The lowest BCUT2D eigenvalue weighted by molar-refractivity contribution is -0.314. The van der Waals surface area contributed by atoms with Gasteiger partial charge in [0.1, 0.15) is 36.4 Å². The van der Waals surface area contributed by atoms with Crippen LogP contribution in [0.25, 0.3) is 0 Å². The van der Waals surface area contributed by atoms with Gasteiger partial charge in [0.05, 0.1) is 36.9 Å². The molecular formula is C26H52N8O10. The number of aliphatic hydroxyl groups excluding tert-OH is 4. The minimum Gasteiger partial charge on any atom is -0.388 e. The van der Waals surface area contributed by atoms with Gasteiger partial charge in [-0.1, -0.05) is 6.92 Å². The predicted molar refractivity (Wildman–Crippen MR) is 156 cm³/mol. The lowest BCUT2D eigenvalue weighted by atomic mass is 9.82. The molecule has 256 valence electrons. The lowest BCUT2D eigenvalue weighted by Crippen LogP contribution is -2.68. The number of nitrogens with two attached hydrogens (primary N) is 5. The summed E-state index contributed by atoms with van der Waals surface area (Å²) in [5, 5.41) is 66.7. The van der Waals surface area contributed by atoms with Crippen LogP contribution in [-0.2, 0) is 23.7 Å². The molecule has 3 fully saturated rings. The Hall–Kier alpha value is -1.62. The maximum atomic E-state index is 12.9. The number of rotatable bonds is 12. The molecule has 6 unspecified atom stereocenters. The molecule has 18 N–H and O–H groups in total. The van der Waals surface area contributed by atoms with Gasteiger partial charge in [-0.3, -0.25) is 10.2 Å². The fourth-order valence-corrected chi connectivity index (χ4v) is 5.51. The lowest BCUT2D eigenvalue weighted by Gasteiger charge is -2.48. The van der Waals surface area contributed by atoms with Crippen molar-refractivity contribution in [3.8, 4) is 0 Å². The number of nitrogens with one attached hydrogen (secondary N) is 3. The molecule has 2 aliphatic heterocycles. The van der Waals surface area contributed by atoms with E-state index in [4.69, 9.17) is 53.0 Å². The van der Waals surface area contributed by atoms with Crippen molar-refractivity contribution >= 4 is 11.7 Å². The fourth-order valence-electron chi connectivity index (χ4n) is 5.51. The average molecular weight is 637 g/mol. The highest BCUT2D eigenvalue weighted by molar-refractivity contribution is 5.81. The zero-order valence-corrected chi connectivity index (χ0v) is 25.2. The number of amidine groups is 1. The van der Waals surface area contributed by atoms with Crippen molar-refractivity contribution < 1.29 is 49.3 Å². The van der Waals surface area contributed by atoms with Gasteiger partial charge in [-0.25, -0.2) is 0 Å². The normalized spacial score (nSPS) is 41.8. The van der Waals surface area contributed by atoms with Gasteiger partial charge < -0.3 is 83.8 Å². The molecule has 1 amide bonds. The van der Waals surface area contributed by atoms with Gasteiger partial charge in [0.2, 0.25) is 0 Å². The molecule has 15 atom stereocenters. The molecule has 0 bridgehead atoms. The van der Waals surface area contributed by atoms with Crippen molar-refractivity contribution in [3.05, 3.63) is 0 Å². The van der Waals surface area contributed by atoms with Gasteiger partial charge in [0.15, 0.2) is 18.7 Å². The Morgan fingerprint density at radius 1 is 1.09 bits per heavy atom. The van der Waals surface area contributed by atoms with Crippen LogP contribution >= 0.6 is 0 Å². The molecule has 0 spiro atoms. The molecule has 1 saturated carbocycles. The molecule has 1 aliphatic carbocycles. The second-order valence-corrected chi connectivity index (χ2v) is 12.3. The molecule has 3 rings (SSSR count). The van der Waals surface area contributed by atoms with Crippen LogP contribution in [0.15, 0.2) is 0 Å². The summed E-state index contributed by atoms with van der Waals surface area (Å²) >= 11 is 0. The number of carbonyl (C=O) groups excluding carboxylic acids is 1. The zero-order chi connectivity index (χ0) is 32.9. The summed E-state index contributed by atoms with van der Waals surface area (Å²) in [5.41, 5.74) is 27.9. The quantitative estimate of drug-likeness (QED) is 0.0699.